The molecule has 0 fully saturated rings. The molecule has 1 heterocycles. The summed E-state index contributed by atoms with van der Waals surface area (Å²) in [6, 6.07) is 15.8. The van der Waals surface area contributed by atoms with Gasteiger partial charge in [-0.3, -0.25) is 4.79 Å². The van der Waals surface area contributed by atoms with Crippen LogP contribution in [-0.2, 0) is 0 Å². The highest BCUT2D eigenvalue weighted by molar-refractivity contribution is 6.09. The summed E-state index contributed by atoms with van der Waals surface area (Å²) >= 11 is 0. The van der Waals surface area contributed by atoms with E-state index in [1.165, 1.54) is 0 Å². The molecule has 0 spiro atoms. The van der Waals surface area contributed by atoms with Crippen molar-refractivity contribution >= 4 is 39.5 Å². The average molecular weight is 316 g/mol. The molecule has 0 saturated carbocycles. The van der Waals surface area contributed by atoms with E-state index in [-0.39, 0.29) is 11.1 Å². The fraction of sp³-hybridized carbons (Fsp3) is 0. The predicted molar refractivity (Wildman–Crippen MR) is 93.4 cm³/mol. The number of carbonyl (C=O) groups is 1. The van der Waals surface area contributed by atoms with Crippen LogP contribution < -0.4 is 16.1 Å². The van der Waals surface area contributed by atoms with Crippen LogP contribution in [0.2, 0.25) is 0 Å². The number of anilines is 1. The van der Waals surface area contributed by atoms with Gasteiger partial charge >= 0.3 is 5.97 Å². The third-order valence-corrected chi connectivity index (χ3v) is 4.01. The van der Waals surface area contributed by atoms with E-state index in [0.717, 1.165) is 16.0 Å². The maximum Gasteiger partial charge on any atom is 0.335 e. The van der Waals surface area contributed by atoms with Gasteiger partial charge in [0.2, 0.25) is 0 Å². The molecule has 0 aliphatic heterocycles. The van der Waals surface area contributed by atoms with Crippen LogP contribution in [0.1, 0.15) is 10.4 Å². The maximum atomic E-state index is 11.9. The standard InChI is InChI=1S/C19H12N2O3/c22-18-15-6-2-5-14-12(7-8-16(21-18)17(14)15)10-20-13-4-1-3-11(9-13)19(23)24/h1-10,20H,(H,23,24)/b12-10-. The van der Waals surface area contributed by atoms with E-state index >= 15 is 0 Å². The molecule has 0 saturated heterocycles. The number of nitrogens with one attached hydrogen (secondary N) is 1. The van der Waals surface area contributed by atoms with E-state index in [1.54, 1.807) is 36.5 Å². The molecule has 0 aliphatic rings. The van der Waals surface area contributed by atoms with Gasteiger partial charge in [-0.25, -0.2) is 9.78 Å². The first-order valence-corrected chi connectivity index (χ1v) is 7.38. The minimum atomic E-state index is -0.968. The van der Waals surface area contributed by atoms with Gasteiger partial charge in [-0.1, -0.05) is 24.3 Å². The Morgan fingerprint density at radius 1 is 1.04 bits per heavy atom. The van der Waals surface area contributed by atoms with Gasteiger partial charge in [0, 0.05) is 17.3 Å². The van der Waals surface area contributed by atoms with Gasteiger partial charge < -0.3 is 10.4 Å². The van der Waals surface area contributed by atoms with Crippen molar-refractivity contribution in [2.24, 2.45) is 0 Å². The number of carboxylic acids is 1. The van der Waals surface area contributed by atoms with Gasteiger partial charge in [0.05, 0.1) is 16.5 Å². The Morgan fingerprint density at radius 3 is 2.67 bits per heavy atom. The largest absolute Gasteiger partial charge is 0.478 e. The van der Waals surface area contributed by atoms with Crippen molar-refractivity contribution in [2.75, 3.05) is 5.32 Å². The summed E-state index contributed by atoms with van der Waals surface area (Å²) in [5, 5.41) is 15.5. The molecule has 0 radical (unpaired) electrons. The van der Waals surface area contributed by atoms with E-state index in [9.17, 15) is 9.59 Å². The van der Waals surface area contributed by atoms with Crippen molar-refractivity contribution in [3.63, 3.8) is 0 Å². The molecule has 24 heavy (non-hydrogen) atoms. The van der Waals surface area contributed by atoms with Gasteiger partial charge in [-0.05, 0) is 40.9 Å². The topological polar surface area (TPSA) is 79.3 Å². The van der Waals surface area contributed by atoms with Gasteiger partial charge in [-0.15, -0.1) is 0 Å². The highest BCUT2D eigenvalue weighted by atomic mass is 16.4. The maximum absolute atomic E-state index is 11.9. The van der Waals surface area contributed by atoms with E-state index in [4.69, 9.17) is 5.11 Å². The first-order valence-electron chi connectivity index (χ1n) is 7.38. The molecule has 0 amide bonds. The summed E-state index contributed by atoms with van der Waals surface area (Å²) in [5.74, 6) is -0.968. The molecule has 4 aromatic rings. The molecule has 1 aromatic heterocycles. The SMILES string of the molecule is O=C(O)c1cccc(N/C=c2/ccc3nc(=O)c4cccc2c34)c1. The molecular weight excluding hydrogens is 304 g/mol. The average Bonchev–Trinajstić information content (AvgIpc) is 2.92. The highest BCUT2D eigenvalue weighted by Gasteiger charge is 2.09. The van der Waals surface area contributed by atoms with Crippen molar-refractivity contribution in [3.8, 4) is 0 Å². The van der Waals surface area contributed by atoms with Crippen LogP contribution in [-0.4, -0.2) is 16.1 Å². The lowest BCUT2D eigenvalue weighted by Crippen LogP contribution is -2.05. The summed E-state index contributed by atoms with van der Waals surface area (Å²) in [7, 11) is 0. The Hall–Kier alpha value is -3.47. The lowest BCUT2D eigenvalue weighted by molar-refractivity contribution is 0.0697. The molecule has 4 rings (SSSR count). The monoisotopic (exact) mass is 316 g/mol. The van der Waals surface area contributed by atoms with Crippen LogP contribution in [0, 0.1) is 0 Å². The minimum absolute atomic E-state index is 0.213. The van der Waals surface area contributed by atoms with Gasteiger partial charge in [0.15, 0.2) is 0 Å². The number of benzene rings is 3. The first-order chi connectivity index (χ1) is 11.6. The number of hydrogen-bond acceptors (Lipinski definition) is 4. The predicted octanol–water partition coefficient (Wildman–Crippen LogP) is 2.45. The fourth-order valence-electron chi connectivity index (χ4n) is 2.88. The molecule has 116 valence electrons. The van der Waals surface area contributed by atoms with Gasteiger partial charge in [0.25, 0.3) is 5.56 Å². The minimum Gasteiger partial charge on any atom is -0.478 e. The van der Waals surface area contributed by atoms with Crippen LogP contribution in [0.15, 0.2) is 59.4 Å². The summed E-state index contributed by atoms with van der Waals surface area (Å²) in [6.45, 7) is 0. The quantitative estimate of drug-likeness (QED) is 0.607. The number of rotatable bonds is 3. The zero-order chi connectivity index (χ0) is 16.7. The van der Waals surface area contributed by atoms with Gasteiger partial charge in [0.1, 0.15) is 0 Å². The molecule has 0 aliphatic carbocycles. The number of aromatic nitrogens is 1. The molecule has 0 atom stereocenters. The highest BCUT2D eigenvalue weighted by Crippen LogP contribution is 2.20. The Morgan fingerprint density at radius 2 is 1.83 bits per heavy atom. The summed E-state index contributed by atoms with van der Waals surface area (Å²) in [5.41, 5.74) is 1.38. The van der Waals surface area contributed by atoms with Gasteiger partial charge in [-0.2, -0.15) is 0 Å². The van der Waals surface area contributed by atoms with E-state index < -0.39 is 5.97 Å². The lowest BCUT2D eigenvalue weighted by Gasteiger charge is -2.03. The fourth-order valence-corrected chi connectivity index (χ4v) is 2.88. The summed E-state index contributed by atoms with van der Waals surface area (Å²) < 4.78 is 0. The van der Waals surface area contributed by atoms with Crippen LogP contribution in [0.4, 0.5) is 5.69 Å². The van der Waals surface area contributed by atoms with E-state index in [2.05, 4.69) is 10.3 Å². The lowest BCUT2D eigenvalue weighted by atomic mass is 10.1. The molecule has 5 nitrogen and oxygen atoms in total. The van der Waals surface area contributed by atoms with Crippen molar-refractivity contribution in [2.45, 2.75) is 0 Å². The van der Waals surface area contributed by atoms with Crippen LogP contribution in [0.5, 0.6) is 0 Å². The number of nitrogens with zero attached hydrogens (tertiary/aromatic N) is 1. The molecule has 0 unspecified atom stereocenters. The molecule has 2 N–H and O–H groups in total. The van der Waals surface area contributed by atoms with Crippen molar-refractivity contribution < 1.29 is 9.90 Å². The molecule has 0 bridgehead atoms. The van der Waals surface area contributed by atoms with Crippen molar-refractivity contribution in [1.82, 2.24) is 4.98 Å². The molecular formula is C19H12N2O3. The Kier molecular flexibility index (Phi) is 3.13. The number of hydrogen-bond donors (Lipinski definition) is 2. The van der Waals surface area contributed by atoms with E-state index in [0.29, 0.717) is 16.6 Å². The smallest absolute Gasteiger partial charge is 0.335 e. The normalized spacial score (nSPS) is 12.1. The zero-order valence-electron chi connectivity index (χ0n) is 12.5. The van der Waals surface area contributed by atoms with Crippen LogP contribution >= 0.6 is 0 Å². The van der Waals surface area contributed by atoms with Crippen LogP contribution in [0.25, 0.3) is 27.9 Å². The Labute approximate surface area is 136 Å². The summed E-state index contributed by atoms with van der Waals surface area (Å²) in [6.07, 6.45) is 1.80. The second-order valence-corrected chi connectivity index (χ2v) is 5.49. The number of carboxylic acid groups (broad SMARTS) is 1. The third-order valence-electron chi connectivity index (χ3n) is 4.01. The van der Waals surface area contributed by atoms with Crippen LogP contribution in [0.3, 0.4) is 0 Å². The van der Waals surface area contributed by atoms with Crippen molar-refractivity contribution in [1.29, 1.82) is 0 Å². The summed E-state index contributed by atoms with van der Waals surface area (Å²) in [4.78, 5) is 27.0. The third kappa shape index (κ3) is 2.23. The Balaban J connectivity index is 1.83. The Bertz CT molecular complexity index is 1180. The molecule has 5 heteroatoms. The number of aromatic carboxylic acids is 1. The second-order valence-electron chi connectivity index (χ2n) is 5.49. The molecule has 3 aromatic carbocycles. The van der Waals surface area contributed by atoms with E-state index in [1.807, 2.05) is 24.3 Å². The van der Waals surface area contributed by atoms with Crippen molar-refractivity contribution in [3.05, 3.63) is 75.7 Å². The zero-order valence-corrected chi connectivity index (χ0v) is 12.5. The first kappa shape index (κ1) is 14.1. The second kappa shape index (κ2) is 5.31.